The first-order chi connectivity index (χ1) is 10.0. The quantitative estimate of drug-likeness (QED) is 0.878. The fourth-order valence-corrected chi connectivity index (χ4v) is 1.91. The summed E-state index contributed by atoms with van der Waals surface area (Å²) in [6.45, 7) is 1.75. The summed E-state index contributed by atoms with van der Waals surface area (Å²) in [5.74, 6) is -1.54. The van der Waals surface area contributed by atoms with Crippen LogP contribution in [0.25, 0.3) is 0 Å². The van der Waals surface area contributed by atoms with E-state index in [0.29, 0.717) is 5.56 Å². The molecule has 1 unspecified atom stereocenters. The number of halogens is 2. The molecule has 110 valence electrons. The van der Waals surface area contributed by atoms with E-state index in [2.05, 4.69) is 15.0 Å². The highest BCUT2D eigenvalue weighted by molar-refractivity contribution is 5.95. The number of aromatic nitrogens is 1. The van der Waals surface area contributed by atoms with Crippen molar-refractivity contribution in [2.24, 2.45) is 0 Å². The van der Waals surface area contributed by atoms with Crippen molar-refractivity contribution in [1.29, 1.82) is 0 Å². The minimum atomic E-state index is -0.581. The molecule has 0 radical (unpaired) electrons. The molecule has 4 nitrogen and oxygen atoms in total. The van der Waals surface area contributed by atoms with Crippen LogP contribution in [0.2, 0.25) is 0 Å². The number of hydrogen-bond acceptors (Lipinski definition) is 4. The van der Waals surface area contributed by atoms with Crippen molar-refractivity contribution in [3.05, 3.63) is 59.4 Å². The molecule has 0 aliphatic carbocycles. The Morgan fingerprint density at radius 2 is 2.00 bits per heavy atom. The molecule has 21 heavy (non-hydrogen) atoms. The summed E-state index contributed by atoms with van der Waals surface area (Å²) >= 11 is 0. The van der Waals surface area contributed by atoms with E-state index in [1.807, 2.05) is 0 Å². The first-order valence-corrected chi connectivity index (χ1v) is 6.26. The summed E-state index contributed by atoms with van der Waals surface area (Å²) in [7, 11) is 1.25. The van der Waals surface area contributed by atoms with Crippen LogP contribution in [0.1, 0.15) is 28.9 Å². The van der Waals surface area contributed by atoms with Crippen molar-refractivity contribution in [2.45, 2.75) is 13.0 Å². The number of hydrogen-bond donors (Lipinski definition) is 1. The number of rotatable bonds is 4. The van der Waals surface area contributed by atoms with Crippen LogP contribution in [0, 0.1) is 11.6 Å². The van der Waals surface area contributed by atoms with E-state index >= 15 is 0 Å². The zero-order valence-corrected chi connectivity index (χ0v) is 11.6. The number of benzene rings is 1. The maximum absolute atomic E-state index is 13.4. The number of anilines is 1. The van der Waals surface area contributed by atoms with E-state index in [9.17, 15) is 13.6 Å². The largest absolute Gasteiger partial charge is 0.465 e. The Morgan fingerprint density at radius 1 is 1.24 bits per heavy atom. The number of nitrogens with zero attached hydrogens (tertiary/aromatic N) is 1. The van der Waals surface area contributed by atoms with Gasteiger partial charge in [-0.25, -0.2) is 13.6 Å². The summed E-state index contributed by atoms with van der Waals surface area (Å²) in [6, 6.07) is 4.65. The van der Waals surface area contributed by atoms with Crippen molar-refractivity contribution < 1.29 is 18.3 Å². The predicted molar refractivity (Wildman–Crippen MR) is 74.0 cm³/mol. The third kappa shape index (κ3) is 3.53. The predicted octanol–water partition coefficient (Wildman–Crippen LogP) is 3.32. The van der Waals surface area contributed by atoms with Crippen LogP contribution in [0.4, 0.5) is 14.5 Å². The highest BCUT2D eigenvalue weighted by Crippen LogP contribution is 2.24. The first-order valence-electron chi connectivity index (χ1n) is 6.26. The van der Waals surface area contributed by atoms with Crippen molar-refractivity contribution in [1.82, 2.24) is 4.98 Å². The van der Waals surface area contributed by atoms with Gasteiger partial charge in [0.25, 0.3) is 0 Å². The maximum Gasteiger partial charge on any atom is 0.339 e. The van der Waals surface area contributed by atoms with Gasteiger partial charge in [-0.2, -0.15) is 0 Å². The van der Waals surface area contributed by atoms with E-state index < -0.39 is 17.6 Å². The Bertz CT molecular complexity index is 662. The molecule has 6 heteroatoms. The van der Waals surface area contributed by atoms with E-state index in [0.717, 1.165) is 6.20 Å². The van der Waals surface area contributed by atoms with Crippen molar-refractivity contribution in [2.75, 3.05) is 12.4 Å². The molecule has 0 aliphatic rings. The Balaban J connectivity index is 2.30. The lowest BCUT2D eigenvalue weighted by atomic mass is 10.1. The van der Waals surface area contributed by atoms with Gasteiger partial charge in [0, 0.05) is 6.20 Å². The lowest BCUT2D eigenvalue weighted by molar-refractivity contribution is 0.0601. The number of methoxy groups -OCH3 is 1. The highest BCUT2D eigenvalue weighted by atomic mass is 19.1. The Morgan fingerprint density at radius 3 is 2.67 bits per heavy atom. The van der Waals surface area contributed by atoms with Crippen molar-refractivity contribution in [3.63, 3.8) is 0 Å². The molecular weight excluding hydrogens is 278 g/mol. The minimum Gasteiger partial charge on any atom is -0.465 e. The van der Waals surface area contributed by atoms with Crippen LogP contribution >= 0.6 is 0 Å². The van der Waals surface area contributed by atoms with Gasteiger partial charge in [-0.15, -0.1) is 0 Å². The molecule has 0 spiro atoms. The summed E-state index contributed by atoms with van der Waals surface area (Å²) in [6.07, 6.45) is 2.59. The molecule has 0 saturated heterocycles. The van der Waals surface area contributed by atoms with Gasteiger partial charge in [-0.1, -0.05) is 0 Å². The van der Waals surface area contributed by atoms with Gasteiger partial charge in [0.05, 0.1) is 30.6 Å². The van der Waals surface area contributed by atoms with Gasteiger partial charge < -0.3 is 10.1 Å². The van der Waals surface area contributed by atoms with Gasteiger partial charge in [-0.05, 0) is 36.8 Å². The zero-order valence-electron chi connectivity index (χ0n) is 11.6. The topological polar surface area (TPSA) is 51.2 Å². The first kappa shape index (κ1) is 14.9. The molecule has 0 amide bonds. The second-order valence-electron chi connectivity index (χ2n) is 4.48. The number of esters is 1. The fraction of sp³-hybridized carbons (Fsp3) is 0.200. The van der Waals surface area contributed by atoms with E-state index in [1.165, 1.54) is 37.6 Å². The summed E-state index contributed by atoms with van der Waals surface area (Å²) in [4.78, 5) is 15.4. The molecule has 2 rings (SSSR count). The Kier molecular flexibility index (Phi) is 4.47. The van der Waals surface area contributed by atoms with Crippen LogP contribution < -0.4 is 5.32 Å². The number of carbonyl (C=O) groups excluding carboxylic acids is 1. The number of ether oxygens (including phenoxy) is 1. The van der Waals surface area contributed by atoms with E-state index in [-0.39, 0.29) is 17.3 Å². The molecule has 1 aromatic heterocycles. The van der Waals surface area contributed by atoms with E-state index in [4.69, 9.17) is 0 Å². The second-order valence-corrected chi connectivity index (χ2v) is 4.48. The average molecular weight is 292 g/mol. The van der Waals surface area contributed by atoms with Crippen molar-refractivity contribution in [3.8, 4) is 0 Å². The van der Waals surface area contributed by atoms with Crippen LogP contribution in [-0.2, 0) is 4.74 Å². The van der Waals surface area contributed by atoms with Gasteiger partial charge in [0.1, 0.15) is 11.6 Å². The molecule has 1 aromatic carbocycles. The average Bonchev–Trinajstić information content (AvgIpc) is 2.46. The molecule has 2 aromatic rings. The summed E-state index contributed by atoms with van der Waals surface area (Å²) < 4.78 is 31.2. The molecule has 1 N–H and O–H groups in total. The van der Waals surface area contributed by atoms with Crippen LogP contribution in [0.5, 0.6) is 0 Å². The third-order valence-electron chi connectivity index (χ3n) is 2.98. The third-order valence-corrected chi connectivity index (χ3v) is 2.98. The molecule has 0 aliphatic heterocycles. The van der Waals surface area contributed by atoms with Gasteiger partial charge in [-0.3, -0.25) is 4.98 Å². The number of nitrogens with one attached hydrogen (secondary N) is 1. The van der Waals surface area contributed by atoms with E-state index in [1.54, 1.807) is 6.92 Å². The van der Waals surface area contributed by atoms with Crippen LogP contribution in [0.15, 0.2) is 36.7 Å². The molecule has 0 bridgehead atoms. The summed E-state index contributed by atoms with van der Waals surface area (Å²) in [5, 5.41) is 2.96. The van der Waals surface area contributed by atoms with Gasteiger partial charge in [0.15, 0.2) is 0 Å². The fourth-order valence-electron chi connectivity index (χ4n) is 1.91. The SMILES string of the molecule is COC(=O)c1ccc(F)cc1NC(C)c1cncc(F)c1. The molecular formula is C15H14F2N2O2. The smallest absolute Gasteiger partial charge is 0.339 e. The number of carbonyl (C=O) groups is 1. The molecule has 0 saturated carbocycles. The van der Waals surface area contributed by atoms with Crippen LogP contribution in [-0.4, -0.2) is 18.1 Å². The summed E-state index contributed by atoms with van der Waals surface area (Å²) in [5.41, 5.74) is 1.06. The normalized spacial score (nSPS) is 11.8. The lowest BCUT2D eigenvalue weighted by Gasteiger charge is -2.17. The highest BCUT2D eigenvalue weighted by Gasteiger charge is 2.15. The molecule has 1 atom stereocenters. The number of pyridine rings is 1. The lowest BCUT2D eigenvalue weighted by Crippen LogP contribution is -2.12. The minimum absolute atomic E-state index is 0.204. The molecule has 1 heterocycles. The second kappa shape index (κ2) is 6.30. The Hall–Kier alpha value is -2.50. The monoisotopic (exact) mass is 292 g/mol. The van der Waals surface area contributed by atoms with Gasteiger partial charge in [0.2, 0.25) is 0 Å². The van der Waals surface area contributed by atoms with Gasteiger partial charge >= 0.3 is 5.97 Å². The standard InChI is InChI=1S/C15H14F2N2O2/c1-9(10-5-12(17)8-18-7-10)19-14-6-11(16)3-4-13(14)15(20)21-2/h3-9,19H,1-2H3. The Labute approximate surface area is 120 Å². The zero-order chi connectivity index (χ0) is 15.4. The maximum atomic E-state index is 13.4. The van der Waals surface area contributed by atoms with Crippen molar-refractivity contribution >= 4 is 11.7 Å². The van der Waals surface area contributed by atoms with Crippen LogP contribution in [0.3, 0.4) is 0 Å². The molecule has 0 fully saturated rings.